The predicted molar refractivity (Wildman–Crippen MR) is 90.9 cm³/mol. The number of benzene rings is 1. The SMILES string of the molecule is CCOC(=O)c1ccc(Nc2ccnc(-c3ccncc3)n2)cc1. The van der Waals surface area contributed by atoms with E-state index in [9.17, 15) is 4.79 Å². The molecule has 0 bridgehead atoms. The molecule has 0 saturated carbocycles. The molecule has 2 heterocycles. The number of anilines is 2. The number of carbonyl (C=O) groups is 1. The summed E-state index contributed by atoms with van der Waals surface area (Å²) in [5.74, 6) is 0.956. The maximum atomic E-state index is 11.6. The molecule has 0 amide bonds. The summed E-state index contributed by atoms with van der Waals surface area (Å²) >= 11 is 0. The summed E-state index contributed by atoms with van der Waals surface area (Å²) in [6.45, 7) is 2.14. The minimum atomic E-state index is -0.328. The Morgan fingerprint density at radius 3 is 2.50 bits per heavy atom. The molecule has 0 fully saturated rings. The fraction of sp³-hybridized carbons (Fsp3) is 0.111. The summed E-state index contributed by atoms with van der Waals surface area (Å²) in [6.07, 6.45) is 5.10. The van der Waals surface area contributed by atoms with E-state index in [1.165, 1.54) is 0 Å². The molecule has 0 aliphatic heterocycles. The third-order valence-corrected chi connectivity index (χ3v) is 3.26. The number of esters is 1. The second-order valence-corrected chi connectivity index (χ2v) is 4.92. The normalized spacial score (nSPS) is 10.2. The molecule has 3 aromatic rings. The van der Waals surface area contributed by atoms with Crippen LogP contribution in [0.2, 0.25) is 0 Å². The second-order valence-electron chi connectivity index (χ2n) is 4.92. The van der Waals surface area contributed by atoms with Gasteiger partial charge in [-0.25, -0.2) is 14.8 Å². The Labute approximate surface area is 139 Å². The van der Waals surface area contributed by atoms with E-state index in [1.54, 1.807) is 55.8 Å². The van der Waals surface area contributed by atoms with Crippen LogP contribution in [0.4, 0.5) is 11.5 Å². The maximum absolute atomic E-state index is 11.6. The monoisotopic (exact) mass is 320 g/mol. The molecular weight excluding hydrogens is 304 g/mol. The van der Waals surface area contributed by atoms with E-state index in [0.29, 0.717) is 23.8 Å². The van der Waals surface area contributed by atoms with Gasteiger partial charge in [-0.1, -0.05) is 0 Å². The lowest BCUT2D eigenvalue weighted by Crippen LogP contribution is -2.04. The molecule has 3 rings (SSSR count). The van der Waals surface area contributed by atoms with Gasteiger partial charge < -0.3 is 10.1 Å². The van der Waals surface area contributed by atoms with Crippen molar-refractivity contribution < 1.29 is 9.53 Å². The van der Waals surface area contributed by atoms with Gasteiger partial charge in [0.15, 0.2) is 5.82 Å². The molecule has 0 atom stereocenters. The minimum Gasteiger partial charge on any atom is -0.462 e. The Morgan fingerprint density at radius 2 is 1.79 bits per heavy atom. The Kier molecular flexibility index (Phi) is 4.76. The number of hydrogen-bond donors (Lipinski definition) is 1. The van der Waals surface area contributed by atoms with Gasteiger partial charge in [-0.05, 0) is 49.4 Å². The van der Waals surface area contributed by atoms with E-state index < -0.39 is 0 Å². The van der Waals surface area contributed by atoms with Crippen LogP contribution in [0, 0.1) is 0 Å². The van der Waals surface area contributed by atoms with Crippen molar-refractivity contribution in [3.05, 3.63) is 66.6 Å². The highest BCUT2D eigenvalue weighted by Gasteiger charge is 2.06. The molecule has 1 aromatic carbocycles. The number of hydrogen-bond acceptors (Lipinski definition) is 6. The van der Waals surface area contributed by atoms with Crippen molar-refractivity contribution in [3.8, 4) is 11.4 Å². The van der Waals surface area contributed by atoms with Gasteiger partial charge in [-0.2, -0.15) is 0 Å². The molecular formula is C18H16N4O2. The maximum Gasteiger partial charge on any atom is 0.338 e. The van der Waals surface area contributed by atoms with Crippen LogP contribution < -0.4 is 5.32 Å². The van der Waals surface area contributed by atoms with Gasteiger partial charge in [0.25, 0.3) is 0 Å². The summed E-state index contributed by atoms with van der Waals surface area (Å²) in [5.41, 5.74) is 2.23. The van der Waals surface area contributed by atoms with Crippen LogP contribution in [0.5, 0.6) is 0 Å². The van der Waals surface area contributed by atoms with Crippen LogP contribution >= 0.6 is 0 Å². The molecule has 24 heavy (non-hydrogen) atoms. The van der Waals surface area contributed by atoms with Crippen molar-refractivity contribution in [2.24, 2.45) is 0 Å². The molecule has 0 saturated heterocycles. The Balaban J connectivity index is 1.76. The molecule has 0 aliphatic carbocycles. The summed E-state index contributed by atoms with van der Waals surface area (Å²) in [4.78, 5) is 24.4. The topological polar surface area (TPSA) is 77.0 Å². The Hall–Kier alpha value is -3.28. The average Bonchev–Trinajstić information content (AvgIpc) is 2.63. The van der Waals surface area contributed by atoms with Gasteiger partial charge in [0.05, 0.1) is 12.2 Å². The standard InChI is InChI=1S/C18H16N4O2/c1-2-24-18(23)14-3-5-15(6-4-14)21-16-9-12-20-17(22-16)13-7-10-19-11-8-13/h3-12H,2H2,1H3,(H,20,21,22). The van der Waals surface area contributed by atoms with Gasteiger partial charge in [0, 0.05) is 29.8 Å². The van der Waals surface area contributed by atoms with Gasteiger partial charge in [-0.3, -0.25) is 4.98 Å². The fourth-order valence-corrected chi connectivity index (χ4v) is 2.12. The van der Waals surface area contributed by atoms with Crippen molar-refractivity contribution in [2.75, 3.05) is 11.9 Å². The van der Waals surface area contributed by atoms with Crippen molar-refractivity contribution in [1.82, 2.24) is 15.0 Å². The van der Waals surface area contributed by atoms with E-state index in [4.69, 9.17) is 4.74 Å². The number of pyridine rings is 1. The summed E-state index contributed by atoms with van der Waals surface area (Å²) in [5, 5.41) is 3.19. The molecule has 0 aliphatic rings. The number of nitrogens with one attached hydrogen (secondary N) is 1. The molecule has 6 nitrogen and oxygen atoms in total. The molecule has 0 radical (unpaired) electrons. The molecule has 0 unspecified atom stereocenters. The first-order chi connectivity index (χ1) is 11.8. The highest BCUT2D eigenvalue weighted by molar-refractivity contribution is 5.89. The first-order valence-electron chi connectivity index (χ1n) is 7.54. The molecule has 120 valence electrons. The van der Waals surface area contributed by atoms with E-state index >= 15 is 0 Å². The number of rotatable bonds is 5. The zero-order chi connectivity index (χ0) is 16.8. The lowest BCUT2D eigenvalue weighted by atomic mass is 10.2. The fourth-order valence-electron chi connectivity index (χ4n) is 2.12. The van der Waals surface area contributed by atoms with Crippen molar-refractivity contribution >= 4 is 17.5 Å². The Bertz CT molecular complexity index is 820. The van der Waals surface area contributed by atoms with Crippen LogP contribution in [0.1, 0.15) is 17.3 Å². The molecule has 2 aromatic heterocycles. The lowest BCUT2D eigenvalue weighted by molar-refractivity contribution is 0.0526. The quantitative estimate of drug-likeness (QED) is 0.725. The molecule has 1 N–H and O–H groups in total. The van der Waals surface area contributed by atoms with Crippen LogP contribution in [-0.4, -0.2) is 27.5 Å². The predicted octanol–water partition coefficient (Wildman–Crippen LogP) is 3.46. The van der Waals surface area contributed by atoms with Gasteiger partial charge in [0.1, 0.15) is 5.82 Å². The molecule has 0 spiro atoms. The van der Waals surface area contributed by atoms with Gasteiger partial charge in [-0.15, -0.1) is 0 Å². The third-order valence-electron chi connectivity index (χ3n) is 3.26. The van der Waals surface area contributed by atoms with Gasteiger partial charge in [0.2, 0.25) is 0 Å². The largest absolute Gasteiger partial charge is 0.462 e. The summed E-state index contributed by atoms with van der Waals surface area (Å²) < 4.78 is 4.97. The van der Waals surface area contributed by atoms with Crippen LogP contribution in [0.25, 0.3) is 11.4 Å². The van der Waals surface area contributed by atoms with Crippen molar-refractivity contribution in [3.63, 3.8) is 0 Å². The minimum absolute atomic E-state index is 0.328. The highest BCUT2D eigenvalue weighted by Crippen LogP contribution is 2.19. The summed E-state index contributed by atoms with van der Waals surface area (Å²) in [7, 11) is 0. The van der Waals surface area contributed by atoms with Gasteiger partial charge >= 0.3 is 5.97 Å². The highest BCUT2D eigenvalue weighted by atomic mass is 16.5. The van der Waals surface area contributed by atoms with E-state index in [-0.39, 0.29) is 5.97 Å². The number of carbonyl (C=O) groups excluding carboxylic acids is 1. The van der Waals surface area contributed by atoms with Crippen LogP contribution in [0.15, 0.2) is 61.1 Å². The average molecular weight is 320 g/mol. The first-order valence-corrected chi connectivity index (χ1v) is 7.54. The Morgan fingerprint density at radius 1 is 1.04 bits per heavy atom. The number of ether oxygens (including phenoxy) is 1. The van der Waals surface area contributed by atoms with Crippen molar-refractivity contribution in [2.45, 2.75) is 6.92 Å². The number of aromatic nitrogens is 3. The first kappa shape index (κ1) is 15.6. The van der Waals surface area contributed by atoms with Crippen molar-refractivity contribution in [1.29, 1.82) is 0 Å². The zero-order valence-electron chi connectivity index (χ0n) is 13.1. The second kappa shape index (κ2) is 7.32. The van der Waals surface area contributed by atoms with E-state index in [2.05, 4.69) is 20.3 Å². The summed E-state index contributed by atoms with van der Waals surface area (Å²) in [6, 6.07) is 12.5. The van der Waals surface area contributed by atoms with Crippen LogP contribution in [-0.2, 0) is 4.74 Å². The van der Waals surface area contributed by atoms with E-state index in [0.717, 1.165) is 11.3 Å². The number of nitrogens with zero attached hydrogens (tertiary/aromatic N) is 3. The van der Waals surface area contributed by atoms with E-state index in [1.807, 2.05) is 12.1 Å². The smallest absolute Gasteiger partial charge is 0.338 e. The third kappa shape index (κ3) is 3.73. The lowest BCUT2D eigenvalue weighted by Gasteiger charge is -2.08. The molecule has 6 heteroatoms. The zero-order valence-corrected chi connectivity index (χ0v) is 13.1. The van der Waals surface area contributed by atoms with Crippen LogP contribution in [0.3, 0.4) is 0 Å².